The quantitative estimate of drug-likeness (QED) is 0.931. The molecule has 1 aromatic heterocycles. The molecule has 2 fully saturated rings. The Morgan fingerprint density at radius 1 is 1.17 bits per heavy atom. The molecule has 0 bridgehead atoms. The van der Waals surface area contributed by atoms with Crippen molar-refractivity contribution in [3.05, 3.63) is 17.5 Å². The Balaban J connectivity index is 1.65. The molecule has 1 saturated heterocycles. The first-order chi connectivity index (χ1) is 11.1. The third kappa shape index (κ3) is 4.01. The summed E-state index contributed by atoms with van der Waals surface area (Å²) in [4.78, 5) is 23.7. The van der Waals surface area contributed by atoms with Crippen molar-refractivity contribution in [1.82, 2.24) is 15.3 Å². The van der Waals surface area contributed by atoms with Gasteiger partial charge in [0.05, 0.1) is 11.3 Å². The van der Waals surface area contributed by atoms with Gasteiger partial charge in [-0.3, -0.25) is 4.79 Å². The number of amides is 1. The standard InChI is InChI=1S/C18H28N4O/c1-13-8-10-22(11-9-13)18-19-12-16(14(2)20-18)17(23)21-15-6-4-3-5-7-15/h12-13,15H,3-11H2,1-2H3,(H,21,23). The third-order valence-corrected chi connectivity index (χ3v) is 5.22. The maximum absolute atomic E-state index is 12.5. The van der Waals surface area contributed by atoms with Crippen LogP contribution in [0.4, 0.5) is 5.95 Å². The summed E-state index contributed by atoms with van der Waals surface area (Å²) in [7, 11) is 0. The van der Waals surface area contributed by atoms with Gasteiger partial charge in [-0.25, -0.2) is 9.97 Å². The lowest BCUT2D eigenvalue weighted by molar-refractivity contribution is 0.0926. The highest BCUT2D eigenvalue weighted by atomic mass is 16.1. The minimum Gasteiger partial charge on any atom is -0.349 e. The molecule has 1 saturated carbocycles. The number of aromatic nitrogens is 2. The van der Waals surface area contributed by atoms with Crippen molar-refractivity contribution in [2.75, 3.05) is 18.0 Å². The summed E-state index contributed by atoms with van der Waals surface area (Å²) >= 11 is 0. The number of rotatable bonds is 3. The molecule has 0 spiro atoms. The lowest BCUT2D eigenvalue weighted by Crippen LogP contribution is -2.37. The monoisotopic (exact) mass is 316 g/mol. The van der Waals surface area contributed by atoms with Crippen molar-refractivity contribution < 1.29 is 4.79 Å². The maximum atomic E-state index is 12.5. The van der Waals surface area contributed by atoms with E-state index in [-0.39, 0.29) is 5.91 Å². The number of nitrogens with zero attached hydrogens (tertiary/aromatic N) is 3. The Kier molecular flexibility index (Phi) is 5.13. The van der Waals surface area contributed by atoms with Gasteiger partial charge in [0, 0.05) is 25.3 Å². The molecule has 2 heterocycles. The summed E-state index contributed by atoms with van der Waals surface area (Å²) in [5.74, 6) is 1.53. The molecule has 0 unspecified atom stereocenters. The second-order valence-electron chi connectivity index (χ2n) is 7.15. The van der Waals surface area contributed by atoms with Crippen LogP contribution in [0.5, 0.6) is 0 Å². The molecule has 23 heavy (non-hydrogen) atoms. The van der Waals surface area contributed by atoms with Crippen LogP contribution < -0.4 is 10.2 Å². The van der Waals surface area contributed by atoms with E-state index in [0.29, 0.717) is 11.6 Å². The number of hydrogen-bond acceptors (Lipinski definition) is 4. The van der Waals surface area contributed by atoms with Gasteiger partial charge in [0.1, 0.15) is 0 Å². The highest BCUT2D eigenvalue weighted by Gasteiger charge is 2.21. The Hall–Kier alpha value is -1.65. The van der Waals surface area contributed by atoms with E-state index < -0.39 is 0 Å². The van der Waals surface area contributed by atoms with Gasteiger partial charge in [-0.05, 0) is 38.5 Å². The minimum absolute atomic E-state index is 0.0202. The molecule has 0 aromatic carbocycles. The van der Waals surface area contributed by atoms with Gasteiger partial charge in [-0.2, -0.15) is 0 Å². The van der Waals surface area contributed by atoms with Crippen molar-refractivity contribution in [2.45, 2.75) is 64.8 Å². The normalized spacial score (nSPS) is 20.5. The Bertz CT molecular complexity index is 546. The summed E-state index contributed by atoms with van der Waals surface area (Å²) in [5, 5.41) is 3.15. The lowest BCUT2D eigenvalue weighted by atomic mass is 9.95. The summed E-state index contributed by atoms with van der Waals surface area (Å²) in [6.45, 7) is 6.22. The van der Waals surface area contributed by atoms with Gasteiger partial charge in [-0.1, -0.05) is 26.2 Å². The van der Waals surface area contributed by atoms with E-state index >= 15 is 0 Å². The van der Waals surface area contributed by atoms with Crippen LogP contribution in [-0.2, 0) is 0 Å². The summed E-state index contributed by atoms with van der Waals surface area (Å²) in [5.41, 5.74) is 1.40. The molecular weight excluding hydrogens is 288 g/mol. The molecule has 1 N–H and O–H groups in total. The lowest BCUT2D eigenvalue weighted by Gasteiger charge is -2.30. The van der Waals surface area contributed by atoms with Gasteiger partial charge in [0.25, 0.3) is 5.91 Å². The predicted octanol–water partition coefficient (Wildman–Crippen LogP) is 3.08. The fraction of sp³-hybridized carbons (Fsp3) is 0.722. The van der Waals surface area contributed by atoms with Crippen LogP contribution in [-0.4, -0.2) is 35.0 Å². The fourth-order valence-electron chi connectivity index (χ4n) is 3.55. The van der Waals surface area contributed by atoms with Gasteiger partial charge in [0.2, 0.25) is 5.95 Å². The second kappa shape index (κ2) is 7.28. The van der Waals surface area contributed by atoms with Crippen molar-refractivity contribution in [1.29, 1.82) is 0 Å². The summed E-state index contributed by atoms with van der Waals surface area (Å²) < 4.78 is 0. The van der Waals surface area contributed by atoms with Gasteiger partial charge < -0.3 is 10.2 Å². The molecule has 5 heteroatoms. The van der Waals surface area contributed by atoms with Gasteiger partial charge >= 0.3 is 0 Å². The SMILES string of the molecule is Cc1nc(N2CCC(C)CC2)ncc1C(=O)NC1CCCCC1. The van der Waals surface area contributed by atoms with E-state index in [2.05, 4.69) is 27.1 Å². The van der Waals surface area contributed by atoms with E-state index in [4.69, 9.17) is 0 Å². The van der Waals surface area contributed by atoms with Crippen molar-refractivity contribution >= 4 is 11.9 Å². The molecule has 1 aliphatic heterocycles. The van der Waals surface area contributed by atoms with Crippen LogP contribution in [0.25, 0.3) is 0 Å². The van der Waals surface area contributed by atoms with Crippen LogP contribution in [0, 0.1) is 12.8 Å². The third-order valence-electron chi connectivity index (χ3n) is 5.22. The van der Waals surface area contributed by atoms with E-state index in [9.17, 15) is 4.79 Å². The molecule has 0 radical (unpaired) electrons. The molecule has 126 valence electrons. The number of carbonyl (C=O) groups is 1. The zero-order valence-electron chi connectivity index (χ0n) is 14.3. The molecular formula is C18H28N4O. The van der Waals surface area contributed by atoms with E-state index in [1.165, 1.54) is 32.1 Å². The van der Waals surface area contributed by atoms with Crippen molar-refractivity contribution in [3.63, 3.8) is 0 Å². The maximum Gasteiger partial charge on any atom is 0.254 e. The zero-order valence-corrected chi connectivity index (χ0v) is 14.3. The first kappa shape index (κ1) is 16.2. The van der Waals surface area contributed by atoms with Crippen molar-refractivity contribution in [3.8, 4) is 0 Å². The van der Waals surface area contributed by atoms with Crippen LogP contribution in [0.2, 0.25) is 0 Å². The Morgan fingerprint density at radius 2 is 1.87 bits per heavy atom. The number of piperidine rings is 1. The average Bonchev–Trinajstić information content (AvgIpc) is 2.56. The fourth-order valence-corrected chi connectivity index (χ4v) is 3.55. The van der Waals surface area contributed by atoms with E-state index in [1.807, 2.05) is 6.92 Å². The van der Waals surface area contributed by atoms with Gasteiger partial charge in [-0.15, -0.1) is 0 Å². The molecule has 1 aromatic rings. The highest BCUT2D eigenvalue weighted by molar-refractivity contribution is 5.95. The Morgan fingerprint density at radius 3 is 2.52 bits per heavy atom. The van der Waals surface area contributed by atoms with Gasteiger partial charge in [0.15, 0.2) is 0 Å². The number of carbonyl (C=O) groups excluding carboxylic acids is 1. The van der Waals surface area contributed by atoms with Crippen LogP contribution in [0.15, 0.2) is 6.20 Å². The van der Waals surface area contributed by atoms with E-state index in [1.54, 1.807) is 6.20 Å². The molecule has 1 aliphatic carbocycles. The highest BCUT2D eigenvalue weighted by Crippen LogP contribution is 2.21. The molecule has 5 nitrogen and oxygen atoms in total. The summed E-state index contributed by atoms with van der Waals surface area (Å²) in [6, 6.07) is 0.318. The molecule has 1 amide bonds. The minimum atomic E-state index is -0.0202. The second-order valence-corrected chi connectivity index (χ2v) is 7.15. The number of anilines is 1. The summed E-state index contributed by atoms with van der Waals surface area (Å²) in [6.07, 6.45) is 9.98. The van der Waals surface area contributed by atoms with E-state index in [0.717, 1.165) is 43.5 Å². The first-order valence-electron chi connectivity index (χ1n) is 9.03. The van der Waals surface area contributed by atoms with Crippen LogP contribution in [0.3, 0.4) is 0 Å². The average molecular weight is 316 g/mol. The first-order valence-corrected chi connectivity index (χ1v) is 9.03. The number of nitrogens with one attached hydrogen (secondary N) is 1. The molecule has 3 rings (SSSR count). The van der Waals surface area contributed by atoms with Crippen LogP contribution >= 0.6 is 0 Å². The largest absolute Gasteiger partial charge is 0.349 e. The predicted molar refractivity (Wildman–Crippen MR) is 91.7 cm³/mol. The molecule has 0 atom stereocenters. The topological polar surface area (TPSA) is 58.1 Å². The number of hydrogen-bond donors (Lipinski definition) is 1. The zero-order chi connectivity index (χ0) is 16.2. The smallest absolute Gasteiger partial charge is 0.254 e. The molecule has 2 aliphatic rings. The number of aryl methyl sites for hydroxylation is 1. The Labute approximate surface area is 138 Å². The van der Waals surface area contributed by atoms with Crippen LogP contribution in [0.1, 0.15) is 67.9 Å². The van der Waals surface area contributed by atoms with Crippen molar-refractivity contribution in [2.24, 2.45) is 5.92 Å².